The lowest BCUT2D eigenvalue weighted by atomic mass is 10.2. The molecule has 3 heteroatoms. The van der Waals surface area contributed by atoms with Gasteiger partial charge >= 0.3 is 0 Å². The van der Waals surface area contributed by atoms with Crippen molar-refractivity contribution in [1.82, 2.24) is 0 Å². The van der Waals surface area contributed by atoms with E-state index in [1.54, 1.807) is 18.2 Å². The van der Waals surface area contributed by atoms with Crippen LogP contribution in [0.1, 0.15) is 10.4 Å². The molecule has 0 saturated carbocycles. The second-order valence-corrected chi connectivity index (χ2v) is 3.75. The van der Waals surface area contributed by atoms with Crippen molar-refractivity contribution in [3.05, 3.63) is 60.2 Å². The number of rotatable bonds is 1. The van der Waals surface area contributed by atoms with Gasteiger partial charge in [0.25, 0.3) is 0 Å². The summed E-state index contributed by atoms with van der Waals surface area (Å²) in [4.78, 5) is 10.1. The Hall–Kier alpha value is -1.66. The van der Waals surface area contributed by atoms with Crippen molar-refractivity contribution in [3.8, 4) is 5.75 Å². The molecule has 2 aromatic rings. The predicted molar refractivity (Wildman–Crippen MR) is 69.3 cm³/mol. The van der Waals surface area contributed by atoms with E-state index >= 15 is 0 Å². The Morgan fingerprint density at radius 2 is 1.50 bits per heavy atom. The van der Waals surface area contributed by atoms with Crippen LogP contribution in [0.25, 0.3) is 0 Å². The van der Waals surface area contributed by atoms with E-state index in [0.29, 0.717) is 11.8 Å². The van der Waals surface area contributed by atoms with Crippen LogP contribution in [0, 0.1) is 0 Å². The number of phenolic OH excluding ortho intramolecular Hbond substituents is 1. The van der Waals surface area contributed by atoms with Crippen LogP contribution in [0.2, 0.25) is 0 Å². The van der Waals surface area contributed by atoms with Gasteiger partial charge < -0.3 is 5.11 Å². The van der Waals surface area contributed by atoms with Crippen molar-refractivity contribution < 1.29 is 9.90 Å². The molecule has 0 bridgehead atoms. The zero-order valence-corrected chi connectivity index (χ0v) is 9.86. The average molecular weight is 232 g/mol. The molecule has 1 N–H and O–H groups in total. The number of hydrogen-bond donors (Lipinski definition) is 1. The van der Waals surface area contributed by atoms with Crippen LogP contribution in [-0.2, 0) is 0 Å². The molecule has 0 fully saturated rings. The molecule has 0 amide bonds. The lowest BCUT2D eigenvalue weighted by Crippen LogP contribution is -1.82. The Balaban J connectivity index is 0.000000165. The van der Waals surface area contributed by atoms with Crippen LogP contribution in [-0.4, -0.2) is 11.4 Å². The molecular formula is C13H13O2P. The van der Waals surface area contributed by atoms with Gasteiger partial charge in [-0.15, -0.1) is 9.24 Å². The van der Waals surface area contributed by atoms with E-state index in [1.165, 1.54) is 11.4 Å². The summed E-state index contributed by atoms with van der Waals surface area (Å²) in [6.45, 7) is 0. The summed E-state index contributed by atoms with van der Waals surface area (Å²) >= 11 is 0. The molecule has 0 radical (unpaired) electrons. The zero-order valence-electron chi connectivity index (χ0n) is 8.71. The van der Waals surface area contributed by atoms with E-state index in [1.807, 2.05) is 30.3 Å². The highest BCUT2D eigenvalue weighted by atomic mass is 31.0. The van der Waals surface area contributed by atoms with Gasteiger partial charge in [0.15, 0.2) is 6.29 Å². The number of aromatic hydroxyl groups is 1. The maximum atomic E-state index is 10.1. The maximum absolute atomic E-state index is 10.1. The third-order valence-corrected chi connectivity index (χ3v) is 2.25. The van der Waals surface area contributed by atoms with Crippen molar-refractivity contribution in [2.24, 2.45) is 0 Å². The van der Waals surface area contributed by atoms with Gasteiger partial charge in [0.2, 0.25) is 0 Å². The highest BCUT2D eigenvalue weighted by Crippen LogP contribution is 2.11. The SMILES string of the molecule is O=Cc1ccccc1O.Pc1ccccc1. The highest BCUT2D eigenvalue weighted by Gasteiger charge is 1.93. The van der Waals surface area contributed by atoms with Gasteiger partial charge in [0.1, 0.15) is 5.75 Å². The maximum Gasteiger partial charge on any atom is 0.153 e. The van der Waals surface area contributed by atoms with Gasteiger partial charge in [-0.2, -0.15) is 0 Å². The second-order valence-electron chi connectivity index (χ2n) is 3.09. The summed E-state index contributed by atoms with van der Waals surface area (Å²) in [5, 5.41) is 10.1. The van der Waals surface area contributed by atoms with Crippen LogP contribution >= 0.6 is 9.24 Å². The van der Waals surface area contributed by atoms with Crippen LogP contribution in [0.3, 0.4) is 0 Å². The fourth-order valence-corrected chi connectivity index (χ4v) is 1.26. The van der Waals surface area contributed by atoms with E-state index in [0.717, 1.165) is 0 Å². The monoisotopic (exact) mass is 232 g/mol. The Morgan fingerprint density at radius 3 is 1.88 bits per heavy atom. The fraction of sp³-hybridized carbons (Fsp3) is 0. The molecule has 1 unspecified atom stereocenters. The molecule has 0 aliphatic heterocycles. The summed E-state index contributed by atoms with van der Waals surface area (Å²) < 4.78 is 0. The first-order chi connectivity index (χ1) is 7.74. The normalized spacial score (nSPS) is 8.81. The molecule has 2 aromatic carbocycles. The average Bonchev–Trinajstić information content (AvgIpc) is 2.31. The molecule has 2 nitrogen and oxygen atoms in total. The van der Waals surface area contributed by atoms with Crippen LogP contribution in [0.5, 0.6) is 5.75 Å². The Bertz CT molecular complexity index is 441. The highest BCUT2D eigenvalue weighted by molar-refractivity contribution is 7.27. The molecule has 2 rings (SSSR count). The molecular weight excluding hydrogens is 219 g/mol. The molecule has 0 spiro atoms. The molecule has 0 aliphatic carbocycles. The first kappa shape index (κ1) is 12.4. The summed E-state index contributed by atoms with van der Waals surface area (Å²) in [7, 11) is 2.63. The summed E-state index contributed by atoms with van der Waals surface area (Å²) in [6, 6.07) is 16.5. The van der Waals surface area contributed by atoms with Crippen molar-refractivity contribution in [3.63, 3.8) is 0 Å². The number of carbonyl (C=O) groups excluding carboxylic acids is 1. The topological polar surface area (TPSA) is 37.3 Å². The van der Waals surface area contributed by atoms with Crippen molar-refractivity contribution >= 4 is 20.8 Å². The molecule has 1 atom stereocenters. The van der Waals surface area contributed by atoms with Gasteiger partial charge in [-0.1, -0.05) is 42.5 Å². The minimum Gasteiger partial charge on any atom is -0.507 e. The molecule has 0 saturated heterocycles. The van der Waals surface area contributed by atoms with E-state index in [9.17, 15) is 4.79 Å². The number of phenols is 1. The van der Waals surface area contributed by atoms with E-state index in [4.69, 9.17) is 5.11 Å². The van der Waals surface area contributed by atoms with Crippen molar-refractivity contribution in [2.45, 2.75) is 0 Å². The molecule has 0 heterocycles. The third kappa shape index (κ3) is 4.24. The Kier molecular flexibility index (Phi) is 5.24. The third-order valence-electron chi connectivity index (χ3n) is 1.86. The van der Waals surface area contributed by atoms with Crippen LogP contribution < -0.4 is 5.30 Å². The molecule has 82 valence electrons. The first-order valence-corrected chi connectivity index (χ1v) is 5.35. The lowest BCUT2D eigenvalue weighted by Gasteiger charge is -1.91. The summed E-state index contributed by atoms with van der Waals surface area (Å²) in [5.74, 6) is 0.0347. The number of hydrogen-bond acceptors (Lipinski definition) is 2. The van der Waals surface area contributed by atoms with E-state index in [-0.39, 0.29) is 5.75 Å². The van der Waals surface area contributed by atoms with Gasteiger partial charge in [-0.25, -0.2) is 0 Å². The van der Waals surface area contributed by atoms with Crippen molar-refractivity contribution in [2.75, 3.05) is 0 Å². The first-order valence-electron chi connectivity index (χ1n) is 4.77. The summed E-state index contributed by atoms with van der Waals surface area (Å²) in [6.07, 6.45) is 0.620. The largest absolute Gasteiger partial charge is 0.507 e. The van der Waals surface area contributed by atoms with Gasteiger partial charge in [0.05, 0.1) is 5.56 Å². The van der Waals surface area contributed by atoms with Gasteiger partial charge in [0, 0.05) is 0 Å². The minimum atomic E-state index is 0.0347. The molecule has 0 aromatic heterocycles. The standard InChI is InChI=1S/C7H6O2.C6H7P/c8-5-6-3-1-2-4-7(6)9;7-6-4-2-1-3-5-6/h1-5,9H;1-5H,7H2. The summed E-state index contributed by atoms with van der Waals surface area (Å²) in [5.41, 5.74) is 0.331. The number of aldehydes is 1. The molecule has 16 heavy (non-hydrogen) atoms. The number of benzene rings is 2. The minimum absolute atomic E-state index is 0.0347. The number of para-hydroxylation sites is 1. The second kappa shape index (κ2) is 6.76. The van der Waals surface area contributed by atoms with Crippen LogP contribution in [0.15, 0.2) is 54.6 Å². The number of carbonyl (C=O) groups is 1. The smallest absolute Gasteiger partial charge is 0.153 e. The lowest BCUT2D eigenvalue weighted by molar-refractivity contribution is 0.112. The zero-order chi connectivity index (χ0) is 11.8. The van der Waals surface area contributed by atoms with E-state index in [2.05, 4.69) is 9.24 Å². The van der Waals surface area contributed by atoms with Gasteiger partial charge in [-0.3, -0.25) is 4.79 Å². The van der Waals surface area contributed by atoms with Crippen LogP contribution in [0.4, 0.5) is 0 Å². The Morgan fingerprint density at radius 1 is 0.938 bits per heavy atom. The predicted octanol–water partition coefficient (Wildman–Crippen LogP) is 2.39. The van der Waals surface area contributed by atoms with E-state index < -0.39 is 0 Å². The molecule has 0 aliphatic rings. The van der Waals surface area contributed by atoms with Gasteiger partial charge in [-0.05, 0) is 17.4 Å². The Labute approximate surface area is 97.1 Å². The fourth-order valence-electron chi connectivity index (χ4n) is 1.04. The quantitative estimate of drug-likeness (QED) is 0.605. The van der Waals surface area contributed by atoms with Crippen molar-refractivity contribution in [1.29, 1.82) is 0 Å².